The molecule has 0 aliphatic heterocycles. The third-order valence-corrected chi connectivity index (χ3v) is 2.55. The van der Waals surface area contributed by atoms with E-state index in [2.05, 4.69) is 23.8 Å². The zero-order chi connectivity index (χ0) is 14.8. The minimum absolute atomic E-state index is 0.310. The number of carbonyl (C=O) groups is 1. The van der Waals surface area contributed by atoms with Crippen molar-refractivity contribution < 1.29 is 14.3 Å². The van der Waals surface area contributed by atoms with E-state index in [1.54, 1.807) is 25.1 Å². The Morgan fingerprint density at radius 2 is 2.15 bits per heavy atom. The highest BCUT2D eigenvalue weighted by Crippen LogP contribution is 2.20. The molecule has 0 aliphatic carbocycles. The molecule has 0 saturated carbocycles. The van der Waals surface area contributed by atoms with Crippen molar-refractivity contribution in [2.45, 2.75) is 33.1 Å². The van der Waals surface area contributed by atoms with Gasteiger partial charge in [-0.1, -0.05) is 25.2 Å². The average molecular weight is 271 g/mol. The molecule has 4 nitrogen and oxygen atoms in total. The van der Waals surface area contributed by atoms with Crippen molar-refractivity contribution in [2.24, 2.45) is 4.99 Å². The number of esters is 1. The summed E-state index contributed by atoms with van der Waals surface area (Å²) in [5, 5.41) is 0. The van der Waals surface area contributed by atoms with Gasteiger partial charge in [0.15, 0.2) is 0 Å². The van der Waals surface area contributed by atoms with Crippen LogP contribution in [0, 0.1) is 11.8 Å². The van der Waals surface area contributed by atoms with Gasteiger partial charge in [-0.15, -0.1) is 0 Å². The van der Waals surface area contributed by atoms with Crippen molar-refractivity contribution in [3.05, 3.63) is 29.3 Å². The lowest BCUT2D eigenvalue weighted by atomic mass is 10.1. The first kappa shape index (κ1) is 15.7. The summed E-state index contributed by atoms with van der Waals surface area (Å²) in [4.78, 5) is 25.6. The van der Waals surface area contributed by atoms with Gasteiger partial charge in [-0.05, 0) is 31.5 Å². The van der Waals surface area contributed by atoms with Gasteiger partial charge in [-0.2, -0.15) is 4.99 Å². The number of hydrogen-bond donors (Lipinski definition) is 0. The molecule has 1 aromatic carbocycles. The molecule has 0 radical (unpaired) electrons. The SMILES string of the molecule is CCCCC#Cc1cc(C(=O)OCC)ccc1N=C=O. The number of hydrogen-bond acceptors (Lipinski definition) is 4. The van der Waals surface area contributed by atoms with E-state index in [1.807, 2.05) is 0 Å². The van der Waals surface area contributed by atoms with Crippen LogP contribution >= 0.6 is 0 Å². The average Bonchev–Trinajstić information content (AvgIpc) is 2.45. The number of nitrogens with zero attached hydrogens (tertiary/aromatic N) is 1. The van der Waals surface area contributed by atoms with Crippen LogP contribution in [0.4, 0.5) is 5.69 Å². The number of unbranched alkanes of at least 4 members (excludes halogenated alkanes) is 2. The minimum atomic E-state index is -0.411. The molecule has 0 bridgehead atoms. The minimum Gasteiger partial charge on any atom is -0.462 e. The number of carbonyl (C=O) groups excluding carboxylic acids is 2. The highest BCUT2D eigenvalue weighted by atomic mass is 16.5. The van der Waals surface area contributed by atoms with Crippen LogP contribution in [0.25, 0.3) is 0 Å². The Kier molecular flexibility index (Phi) is 6.81. The lowest BCUT2D eigenvalue weighted by Gasteiger charge is -2.03. The molecular formula is C16H17NO3. The van der Waals surface area contributed by atoms with E-state index in [0.29, 0.717) is 23.4 Å². The second-order valence-corrected chi connectivity index (χ2v) is 4.06. The quantitative estimate of drug-likeness (QED) is 0.271. The van der Waals surface area contributed by atoms with Crippen molar-refractivity contribution in [1.82, 2.24) is 0 Å². The third kappa shape index (κ3) is 4.72. The molecule has 20 heavy (non-hydrogen) atoms. The molecule has 1 rings (SSSR count). The van der Waals surface area contributed by atoms with Crippen LogP contribution < -0.4 is 0 Å². The van der Waals surface area contributed by atoms with E-state index < -0.39 is 5.97 Å². The molecule has 0 saturated heterocycles. The van der Waals surface area contributed by atoms with E-state index in [0.717, 1.165) is 19.3 Å². The summed E-state index contributed by atoms with van der Waals surface area (Å²) in [6.45, 7) is 4.14. The molecule has 1 aromatic rings. The van der Waals surface area contributed by atoms with Crippen LogP contribution in [-0.4, -0.2) is 18.7 Å². The standard InChI is InChI=1S/C16H17NO3/c1-3-5-6-7-8-13-11-14(16(19)20-4-2)9-10-15(13)17-12-18/h9-11H,3-6H2,1-2H3. The second kappa shape index (κ2) is 8.68. The van der Waals surface area contributed by atoms with Crippen LogP contribution in [0.1, 0.15) is 49.0 Å². The van der Waals surface area contributed by atoms with Crippen molar-refractivity contribution in [1.29, 1.82) is 0 Å². The van der Waals surface area contributed by atoms with Crippen LogP contribution in [0.3, 0.4) is 0 Å². The topological polar surface area (TPSA) is 55.7 Å². The van der Waals surface area contributed by atoms with Crippen molar-refractivity contribution >= 4 is 17.7 Å². The summed E-state index contributed by atoms with van der Waals surface area (Å²) >= 11 is 0. The van der Waals surface area contributed by atoms with E-state index in [1.165, 1.54) is 6.08 Å². The summed E-state index contributed by atoms with van der Waals surface area (Å²) in [7, 11) is 0. The van der Waals surface area contributed by atoms with Crippen molar-refractivity contribution in [2.75, 3.05) is 6.61 Å². The molecule has 0 amide bonds. The Labute approximate surface area is 118 Å². The lowest BCUT2D eigenvalue weighted by molar-refractivity contribution is 0.0526. The van der Waals surface area contributed by atoms with Gasteiger partial charge in [0.05, 0.1) is 23.4 Å². The van der Waals surface area contributed by atoms with Gasteiger partial charge >= 0.3 is 5.97 Å². The maximum atomic E-state index is 11.7. The number of isocyanates is 1. The number of aliphatic imine (C=N–C) groups is 1. The molecule has 4 heteroatoms. The maximum Gasteiger partial charge on any atom is 0.338 e. The first-order valence-corrected chi connectivity index (χ1v) is 6.60. The van der Waals surface area contributed by atoms with Crippen LogP contribution in [0.5, 0.6) is 0 Å². The normalized spacial score (nSPS) is 9.10. The Morgan fingerprint density at radius 3 is 2.80 bits per heavy atom. The maximum absolute atomic E-state index is 11.7. The fourth-order valence-electron chi connectivity index (χ4n) is 1.55. The van der Waals surface area contributed by atoms with Gasteiger partial charge in [0.2, 0.25) is 6.08 Å². The van der Waals surface area contributed by atoms with Gasteiger partial charge in [0.1, 0.15) is 0 Å². The molecule has 0 unspecified atom stereocenters. The van der Waals surface area contributed by atoms with E-state index in [4.69, 9.17) is 4.74 Å². The van der Waals surface area contributed by atoms with Crippen LogP contribution in [-0.2, 0) is 9.53 Å². The summed E-state index contributed by atoms with van der Waals surface area (Å²) in [5.74, 6) is 5.54. The smallest absolute Gasteiger partial charge is 0.338 e. The molecule has 0 N–H and O–H groups in total. The largest absolute Gasteiger partial charge is 0.462 e. The summed E-state index contributed by atoms with van der Waals surface area (Å²) in [5.41, 5.74) is 1.35. The van der Waals surface area contributed by atoms with Gasteiger partial charge in [-0.3, -0.25) is 0 Å². The molecule has 0 aromatic heterocycles. The summed E-state index contributed by atoms with van der Waals surface area (Å²) in [6.07, 6.45) is 4.34. The van der Waals surface area contributed by atoms with Crippen LogP contribution in [0.15, 0.2) is 23.2 Å². The van der Waals surface area contributed by atoms with Gasteiger partial charge in [0.25, 0.3) is 0 Å². The molecule has 0 aliphatic rings. The fourth-order valence-corrected chi connectivity index (χ4v) is 1.55. The monoisotopic (exact) mass is 271 g/mol. The van der Waals surface area contributed by atoms with Gasteiger partial charge in [0, 0.05) is 6.42 Å². The Morgan fingerprint density at radius 1 is 1.35 bits per heavy atom. The first-order valence-electron chi connectivity index (χ1n) is 6.60. The van der Waals surface area contributed by atoms with Gasteiger partial charge in [-0.25, -0.2) is 9.59 Å². The highest BCUT2D eigenvalue weighted by Gasteiger charge is 2.09. The lowest BCUT2D eigenvalue weighted by Crippen LogP contribution is -2.04. The van der Waals surface area contributed by atoms with Gasteiger partial charge < -0.3 is 4.74 Å². The summed E-state index contributed by atoms with van der Waals surface area (Å²) < 4.78 is 4.93. The van der Waals surface area contributed by atoms with E-state index in [9.17, 15) is 9.59 Å². The Hall–Kier alpha value is -2.37. The molecule has 0 atom stereocenters. The fraction of sp³-hybridized carbons (Fsp3) is 0.375. The van der Waals surface area contributed by atoms with E-state index in [-0.39, 0.29) is 0 Å². The molecule has 0 heterocycles. The Balaban J connectivity index is 3.07. The van der Waals surface area contributed by atoms with E-state index >= 15 is 0 Å². The number of benzene rings is 1. The molecule has 0 fully saturated rings. The predicted octanol–water partition coefficient (Wildman–Crippen LogP) is 3.37. The second-order valence-electron chi connectivity index (χ2n) is 4.06. The number of rotatable bonds is 5. The molecule has 0 spiro atoms. The molecular weight excluding hydrogens is 254 g/mol. The van der Waals surface area contributed by atoms with Crippen molar-refractivity contribution in [3.8, 4) is 11.8 Å². The first-order chi connectivity index (χ1) is 9.72. The predicted molar refractivity (Wildman–Crippen MR) is 76.6 cm³/mol. The van der Waals surface area contributed by atoms with Crippen LogP contribution in [0.2, 0.25) is 0 Å². The zero-order valence-corrected chi connectivity index (χ0v) is 11.7. The highest BCUT2D eigenvalue weighted by molar-refractivity contribution is 5.90. The molecule has 104 valence electrons. The summed E-state index contributed by atoms with van der Waals surface area (Å²) in [6, 6.07) is 4.72. The Bertz CT molecular complexity index is 575. The third-order valence-electron chi connectivity index (χ3n) is 2.55. The van der Waals surface area contributed by atoms with Crippen molar-refractivity contribution in [3.63, 3.8) is 0 Å². The number of ether oxygens (including phenoxy) is 1. The zero-order valence-electron chi connectivity index (χ0n) is 11.7.